The van der Waals surface area contributed by atoms with E-state index in [4.69, 9.17) is 0 Å². The van der Waals surface area contributed by atoms with Crippen molar-refractivity contribution in [1.82, 2.24) is 4.57 Å². The third-order valence-corrected chi connectivity index (χ3v) is 10.2. The molecule has 3 atom stereocenters. The quantitative estimate of drug-likeness (QED) is 0.217. The summed E-state index contributed by atoms with van der Waals surface area (Å²) in [6.07, 6.45) is 11.4. The number of aryl methyl sites for hydroxylation is 1. The first-order chi connectivity index (χ1) is 21.0. The Bertz CT molecular complexity index is 2070. The fraction of sp³-hybridized carbons (Fsp3) is 0.244. The molecular formula is C41H36N2. The number of nitriles is 1. The van der Waals surface area contributed by atoms with Crippen LogP contribution >= 0.6 is 0 Å². The predicted molar refractivity (Wildman–Crippen MR) is 179 cm³/mol. The van der Waals surface area contributed by atoms with Gasteiger partial charge in [-0.3, -0.25) is 0 Å². The van der Waals surface area contributed by atoms with Crippen molar-refractivity contribution in [3.8, 4) is 6.07 Å². The monoisotopic (exact) mass is 556 g/mol. The molecule has 0 radical (unpaired) electrons. The van der Waals surface area contributed by atoms with Crippen LogP contribution in [0.25, 0.3) is 33.1 Å². The Labute approximate surface area is 254 Å². The Morgan fingerprint density at radius 3 is 2.47 bits per heavy atom. The molecule has 0 bridgehead atoms. The molecule has 0 amide bonds. The Morgan fingerprint density at radius 2 is 1.65 bits per heavy atom. The van der Waals surface area contributed by atoms with E-state index in [1.165, 1.54) is 72.9 Å². The van der Waals surface area contributed by atoms with E-state index >= 15 is 0 Å². The molecule has 1 aromatic heterocycles. The molecule has 2 nitrogen and oxygen atoms in total. The number of hydrogen-bond acceptors (Lipinski definition) is 1. The predicted octanol–water partition coefficient (Wildman–Crippen LogP) is 10.3. The zero-order valence-corrected chi connectivity index (χ0v) is 25.2. The van der Waals surface area contributed by atoms with Gasteiger partial charge in [0, 0.05) is 16.5 Å². The summed E-state index contributed by atoms with van der Waals surface area (Å²) in [6.45, 7) is 6.87. The smallest absolute Gasteiger partial charge is 0.0991 e. The lowest BCUT2D eigenvalue weighted by atomic mass is 9.64. The van der Waals surface area contributed by atoms with Crippen molar-refractivity contribution in [3.63, 3.8) is 0 Å². The summed E-state index contributed by atoms with van der Waals surface area (Å²) in [7, 11) is 0. The second-order valence-corrected chi connectivity index (χ2v) is 13.1. The zero-order chi connectivity index (χ0) is 29.3. The summed E-state index contributed by atoms with van der Waals surface area (Å²) in [4.78, 5) is 0. The summed E-state index contributed by atoms with van der Waals surface area (Å²) in [6, 6.07) is 34.2. The van der Waals surface area contributed by atoms with Gasteiger partial charge in [0.1, 0.15) is 0 Å². The van der Waals surface area contributed by atoms with Gasteiger partial charge in [-0.1, -0.05) is 86.2 Å². The van der Waals surface area contributed by atoms with Crippen molar-refractivity contribution in [3.05, 3.63) is 142 Å². The van der Waals surface area contributed by atoms with Crippen LogP contribution in [0.2, 0.25) is 0 Å². The van der Waals surface area contributed by atoms with Gasteiger partial charge < -0.3 is 4.57 Å². The summed E-state index contributed by atoms with van der Waals surface area (Å²) in [5.41, 5.74) is 13.6. The van der Waals surface area contributed by atoms with Crippen LogP contribution in [0.3, 0.4) is 0 Å². The Morgan fingerprint density at radius 1 is 0.860 bits per heavy atom. The maximum absolute atomic E-state index is 9.87. The lowest BCUT2D eigenvalue weighted by Crippen LogP contribution is -2.31. The first-order valence-corrected chi connectivity index (χ1v) is 15.8. The van der Waals surface area contributed by atoms with Crippen LogP contribution in [-0.4, -0.2) is 4.57 Å². The summed E-state index contributed by atoms with van der Waals surface area (Å²) in [5, 5.41) is 12.4. The molecule has 43 heavy (non-hydrogen) atoms. The Balaban J connectivity index is 1.47. The molecule has 2 unspecified atom stereocenters. The molecule has 3 aliphatic carbocycles. The number of rotatable bonds is 3. The molecule has 0 aliphatic heterocycles. The van der Waals surface area contributed by atoms with Crippen LogP contribution in [0, 0.1) is 30.1 Å². The highest BCUT2D eigenvalue weighted by Crippen LogP contribution is 2.59. The van der Waals surface area contributed by atoms with Gasteiger partial charge in [0.05, 0.1) is 28.1 Å². The van der Waals surface area contributed by atoms with Crippen molar-refractivity contribution in [2.75, 3.05) is 0 Å². The minimum Gasteiger partial charge on any atom is -0.310 e. The van der Waals surface area contributed by atoms with Crippen LogP contribution < -0.4 is 0 Å². The topological polar surface area (TPSA) is 28.7 Å². The van der Waals surface area contributed by atoms with Crippen molar-refractivity contribution in [2.45, 2.75) is 51.9 Å². The third-order valence-electron chi connectivity index (χ3n) is 10.2. The van der Waals surface area contributed by atoms with E-state index in [9.17, 15) is 5.26 Å². The van der Waals surface area contributed by atoms with Gasteiger partial charge in [-0.2, -0.15) is 5.26 Å². The number of benzene rings is 4. The summed E-state index contributed by atoms with van der Waals surface area (Å²) < 4.78 is 2.45. The molecule has 2 heteroatoms. The highest BCUT2D eigenvalue weighted by molar-refractivity contribution is 6.11. The molecule has 8 rings (SSSR count). The van der Waals surface area contributed by atoms with Crippen LogP contribution in [0.15, 0.2) is 109 Å². The molecule has 1 heterocycles. The standard InChI is InChI=1S/C41H36N2/c1-26-11-15-30(16-12-26)41(37-19-14-29(25-42)23-35(37)33-18-13-28(3)22-38(33)41)31-17-20-40-36(24-31)34-9-4-5-10-39(34)43(40)32-8-6-7-27(2)21-32/h4-6,8-12,14-17,19-21,23-24,27-28H,7,13,18,22H2,1-3H3/t27?,28?,41-/m1/s1. The van der Waals surface area contributed by atoms with E-state index in [2.05, 4.69) is 128 Å². The first-order valence-electron chi connectivity index (χ1n) is 15.8. The normalized spacial score (nSPS) is 22.9. The van der Waals surface area contributed by atoms with Gasteiger partial charge in [-0.05, 0) is 114 Å². The molecule has 3 aliphatic rings. The second kappa shape index (κ2) is 9.72. The molecule has 0 N–H and O–H groups in total. The molecular weight excluding hydrogens is 520 g/mol. The van der Waals surface area contributed by atoms with Gasteiger partial charge in [0.25, 0.3) is 0 Å². The number of aromatic nitrogens is 1. The molecule has 210 valence electrons. The maximum atomic E-state index is 9.87. The first kappa shape index (κ1) is 26.1. The maximum Gasteiger partial charge on any atom is 0.0991 e. The van der Waals surface area contributed by atoms with Crippen LogP contribution in [-0.2, 0) is 5.41 Å². The van der Waals surface area contributed by atoms with E-state index in [1.807, 2.05) is 6.07 Å². The molecule has 0 spiro atoms. The molecule has 4 aromatic carbocycles. The SMILES string of the molecule is Cc1ccc([C@]2(c3ccc4c(c3)c3ccccc3n4C3=CC(C)CC=C3)C3=C(CCC(C)C3)c3cc(C#N)ccc32)cc1. The van der Waals surface area contributed by atoms with Crippen molar-refractivity contribution < 1.29 is 0 Å². The van der Waals surface area contributed by atoms with Crippen molar-refractivity contribution >= 4 is 33.1 Å². The van der Waals surface area contributed by atoms with Gasteiger partial charge in [-0.25, -0.2) is 0 Å². The lowest BCUT2D eigenvalue weighted by Gasteiger charge is -2.38. The van der Waals surface area contributed by atoms with Crippen molar-refractivity contribution in [1.29, 1.82) is 5.26 Å². The number of para-hydroxylation sites is 1. The Hall–Kier alpha value is -4.61. The van der Waals surface area contributed by atoms with E-state index in [1.54, 1.807) is 0 Å². The molecule has 0 fully saturated rings. The van der Waals surface area contributed by atoms with Crippen LogP contribution in [0.4, 0.5) is 0 Å². The van der Waals surface area contributed by atoms with Gasteiger partial charge in [0.15, 0.2) is 0 Å². The van der Waals surface area contributed by atoms with Gasteiger partial charge in [-0.15, -0.1) is 0 Å². The largest absolute Gasteiger partial charge is 0.310 e. The summed E-state index contributed by atoms with van der Waals surface area (Å²) in [5.74, 6) is 1.14. The average Bonchev–Trinajstić information content (AvgIpc) is 3.51. The minimum absolute atomic E-state index is 0.392. The van der Waals surface area contributed by atoms with Crippen LogP contribution in [0.5, 0.6) is 0 Å². The molecule has 0 saturated heterocycles. The lowest BCUT2D eigenvalue weighted by molar-refractivity contribution is 0.492. The zero-order valence-electron chi connectivity index (χ0n) is 25.2. The fourth-order valence-corrected chi connectivity index (χ4v) is 8.23. The number of nitrogens with zero attached hydrogens (tertiary/aromatic N) is 2. The van der Waals surface area contributed by atoms with Gasteiger partial charge in [0.2, 0.25) is 0 Å². The van der Waals surface area contributed by atoms with Gasteiger partial charge >= 0.3 is 0 Å². The van der Waals surface area contributed by atoms with E-state index < -0.39 is 5.41 Å². The van der Waals surface area contributed by atoms with Crippen LogP contribution in [0.1, 0.15) is 72.9 Å². The Kier molecular flexibility index (Phi) is 5.89. The number of allylic oxidation sites excluding steroid dienone is 6. The molecule has 5 aromatic rings. The molecule has 0 saturated carbocycles. The summed E-state index contributed by atoms with van der Waals surface area (Å²) >= 11 is 0. The highest BCUT2D eigenvalue weighted by atomic mass is 15.0. The number of hydrogen-bond donors (Lipinski definition) is 0. The fourth-order valence-electron chi connectivity index (χ4n) is 8.23. The number of fused-ring (bicyclic) bond motifs is 5. The average molecular weight is 557 g/mol. The minimum atomic E-state index is -0.392. The van der Waals surface area contributed by atoms with E-state index in [0.717, 1.165) is 24.8 Å². The second-order valence-electron chi connectivity index (χ2n) is 13.1. The third kappa shape index (κ3) is 3.77. The van der Waals surface area contributed by atoms with Crippen molar-refractivity contribution in [2.24, 2.45) is 11.8 Å². The van der Waals surface area contributed by atoms with E-state index in [-0.39, 0.29) is 0 Å². The highest BCUT2D eigenvalue weighted by Gasteiger charge is 2.49. The van der Waals surface area contributed by atoms with E-state index in [0.29, 0.717) is 11.8 Å².